The highest BCUT2D eigenvalue weighted by atomic mass is 19.1. The molecule has 2 aliphatic rings. The van der Waals surface area contributed by atoms with Gasteiger partial charge in [-0.25, -0.2) is 9.18 Å². The summed E-state index contributed by atoms with van der Waals surface area (Å²) in [6.45, 7) is 1.34. The van der Waals surface area contributed by atoms with Crippen LogP contribution < -0.4 is 5.32 Å². The number of benzene rings is 2. The van der Waals surface area contributed by atoms with Crippen molar-refractivity contribution in [1.82, 2.24) is 4.90 Å². The van der Waals surface area contributed by atoms with Crippen LogP contribution in [0.2, 0.25) is 0 Å². The highest BCUT2D eigenvalue weighted by Crippen LogP contribution is 2.46. The minimum Gasteiger partial charge on any atom is -0.445 e. The molecule has 1 amide bonds. The van der Waals surface area contributed by atoms with Crippen molar-refractivity contribution in [3.05, 3.63) is 65.5 Å². The highest BCUT2D eigenvalue weighted by Gasteiger charge is 2.46. The van der Waals surface area contributed by atoms with E-state index < -0.39 is 0 Å². The molecule has 142 valence electrons. The number of nitrogens with one attached hydrogen (secondary N) is 1. The zero-order valence-corrected chi connectivity index (χ0v) is 15.2. The molecule has 0 radical (unpaired) electrons. The third-order valence-electron chi connectivity index (χ3n) is 5.42. The molecule has 27 heavy (non-hydrogen) atoms. The topological polar surface area (TPSA) is 50.8 Å². The van der Waals surface area contributed by atoms with E-state index in [4.69, 9.17) is 9.47 Å². The van der Waals surface area contributed by atoms with Gasteiger partial charge in [0.05, 0.1) is 18.7 Å². The molecule has 0 aromatic heterocycles. The highest BCUT2D eigenvalue weighted by molar-refractivity contribution is 5.70. The van der Waals surface area contributed by atoms with Crippen molar-refractivity contribution >= 4 is 11.8 Å². The Morgan fingerprint density at radius 2 is 2.07 bits per heavy atom. The summed E-state index contributed by atoms with van der Waals surface area (Å²) in [4.78, 5) is 14.5. The fourth-order valence-corrected chi connectivity index (χ4v) is 4.20. The van der Waals surface area contributed by atoms with E-state index in [0.29, 0.717) is 13.2 Å². The molecule has 4 rings (SSSR count). The molecule has 5 nitrogen and oxygen atoms in total. The van der Waals surface area contributed by atoms with Crippen LogP contribution in [0, 0.1) is 11.7 Å². The number of amides is 1. The number of ether oxygens (including phenoxy) is 2. The summed E-state index contributed by atoms with van der Waals surface area (Å²) in [7, 11) is 1.66. The Balaban J connectivity index is 1.57. The van der Waals surface area contributed by atoms with Crippen LogP contribution in [0.4, 0.5) is 14.9 Å². The number of hydrogen-bond acceptors (Lipinski definition) is 4. The van der Waals surface area contributed by atoms with Gasteiger partial charge in [0.25, 0.3) is 0 Å². The Bertz CT molecular complexity index is 814. The zero-order valence-electron chi connectivity index (χ0n) is 15.2. The summed E-state index contributed by atoms with van der Waals surface area (Å²) in [5.41, 5.74) is 2.60. The summed E-state index contributed by atoms with van der Waals surface area (Å²) in [5, 5.41) is 3.44. The van der Waals surface area contributed by atoms with E-state index in [-0.39, 0.29) is 36.5 Å². The first-order chi connectivity index (χ1) is 13.2. The molecule has 2 aromatic rings. The van der Waals surface area contributed by atoms with Crippen LogP contribution in [0.1, 0.15) is 23.6 Å². The predicted molar refractivity (Wildman–Crippen MR) is 99.9 cm³/mol. The average Bonchev–Trinajstić information content (AvgIpc) is 3.13. The predicted octanol–water partition coefficient (Wildman–Crippen LogP) is 3.97. The Morgan fingerprint density at radius 1 is 1.26 bits per heavy atom. The lowest BCUT2D eigenvalue weighted by Crippen LogP contribution is -2.43. The molecular weight excluding hydrogens is 347 g/mol. The van der Waals surface area contributed by atoms with E-state index in [9.17, 15) is 9.18 Å². The Hall–Kier alpha value is -2.60. The second-order valence-corrected chi connectivity index (χ2v) is 7.07. The van der Waals surface area contributed by atoms with Gasteiger partial charge in [-0.1, -0.05) is 30.3 Å². The van der Waals surface area contributed by atoms with Crippen molar-refractivity contribution in [1.29, 1.82) is 0 Å². The van der Waals surface area contributed by atoms with Crippen LogP contribution in [-0.4, -0.2) is 37.3 Å². The third kappa shape index (κ3) is 3.49. The molecule has 3 unspecified atom stereocenters. The van der Waals surface area contributed by atoms with Crippen LogP contribution >= 0.6 is 0 Å². The smallest absolute Gasteiger partial charge is 0.410 e. The quantitative estimate of drug-likeness (QED) is 0.885. The normalized spacial score (nSPS) is 23.3. The van der Waals surface area contributed by atoms with E-state index in [1.54, 1.807) is 18.1 Å². The van der Waals surface area contributed by atoms with Gasteiger partial charge in [-0.05, 0) is 30.2 Å². The summed E-state index contributed by atoms with van der Waals surface area (Å²) in [6, 6.07) is 14.1. The number of methoxy groups -OCH3 is 1. The molecule has 1 saturated heterocycles. The van der Waals surface area contributed by atoms with Gasteiger partial charge in [0.2, 0.25) is 0 Å². The van der Waals surface area contributed by atoms with E-state index in [1.165, 1.54) is 12.1 Å². The molecule has 0 saturated carbocycles. The number of carbonyl (C=O) groups is 1. The van der Waals surface area contributed by atoms with Crippen LogP contribution in [0.3, 0.4) is 0 Å². The van der Waals surface area contributed by atoms with Crippen LogP contribution in [-0.2, 0) is 16.1 Å². The van der Waals surface area contributed by atoms with Crippen molar-refractivity contribution in [2.24, 2.45) is 5.92 Å². The SMILES string of the molecule is COCC1Nc2ccc(F)cc2C2C1CCN2C(=O)OCc1ccccc1. The first-order valence-corrected chi connectivity index (χ1v) is 9.19. The van der Waals surface area contributed by atoms with E-state index in [0.717, 1.165) is 23.2 Å². The third-order valence-corrected chi connectivity index (χ3v) is 5.42. The minimum atomic E-state index is -0.361. The number of carbonyl (C=O) groups excluding carboxylic acids is 1. The molecule has 1 fully saturated rings. The number of fused-ring (bicyclic) bond motifs is 3. The molecule has 1 N–H and O–H groups in total. The first kappa shape index (κ1) is 17.8. The Kier molecular flexibility index (Phi) is 4.99. The minimum absolute atomic E-state index is 0.0740. The maximum atomic E-state index is 13.9. The first-order valence-electron chi connectivity index (χ1n) is 9.19. The molecule has 2 aliphatic heterocycles. The van der Waals surface area contributed by atoms with E-state index in [1.807, 2.05) is 30.3 Å². The lowest BCUT2D eigenvalue weighted by atomic mass is 9.83. The molecule has 2 heterocycles. The Labute approximate surface area is 158 Å². The van der Waals surface area contributed by atoms with Crippen molar-refractivity contribution in [2.75, 3.05) is 25.6 Å². The van der Waals surface area contributed by atoms with Gasteiger partial charge >= 0.3 is 6.09 Å². The van der Waals surface area contributed by atoms with E-state index in [2.05, 4.69) is 5.32 Å². The van der Waals surface area contributed by atoms with E-state index >= 15 is 0 Å². The lowest BCUT2D eigenvalue weighted by Gasteiger charge is -2.39. The van der Waals surface area contributed by atoms with Crippen LogP contribution in [0.15, 0.2) is 48.5 Å². The maximum absolute atomic E-state index is 13.9. The average molecular weight is 370 g/mol. The molecular formula is C21H23FN2O3. The molecule has 0 aliphatic carbocycles. The fraction of sp³-hybridized carbons (Fsp3) is 0.381. The van der Waals surface area contributed by atoms with Gasteiger partial charge in [0, 0.05) is 30.8 Å². The number of hydrogen-bond donors (Lipinski definition) is 1. The summed E-state index contributed by atoms with van der Waals surface area (Å²) >= 11 is 0. The number of anilines is 1. The van der Waals surface area contributed by atoms with Crippen molar-refractivity contribution in [2.45, 2.75) is 25.1 Å². The van der Waals surface area contributed by atoms with Crippen LogP contribution in [0.25, 0.3) is 0 Å². The van der Waals surface area contributed by atoms with Gasteiger partial charge in [-0.15, -0.1) is 0 Å². The Morgan fingerprint density at radius 3 is 2.85 bits per heavy atom. The van der Waals surface area contributed by atoms with Crippen molar-refractivity contribution in [3.8, 4) is 0 Å². The number of halogens is 1. The fourth-order valence-electron chi connectivity index (χ4n) is 4.20. The molecule has 6 heteroatoms. The monoisotopic (exact) mass is 370 g/mol. The molecule has 0 spiro atoms. The summed E-state index contributed by atoms with van der Waals surface area (Å²) in [5.74, 6) is -0.146. The van der Waals surface area contributed by atoms with Crippen LogP contribution in [0.5, 0.6) is 0 Å². The zero-order chi connectivity index (χ0) is 18.8. The van der Waals surface area contributed by atoms with Gasteiger partial charge in [-0.2, -0.15) is 0 Å². The van der Waals surface area contributed by atoms with Gasteiger partial charge in [0.15, 0.2) is 0 Å². The molecule has 2 aromatic carbocycles. The molecule has 0 bridgehead atoms. The number of nitrogens with zero attached hydrogens (tertiary/aromatic N) is 1. The second kappa shape index (κ2) is 7.56. The van der Waals surface area contributed by atoms with Crippen molar-refractivity contribution < 1.29 is 18.7 Å². The molecule has 3 atom stereocenters. The number of likely N-dealkylation sites (tertiary alicyclic amines) is 1. The van der Waals surface area contributed by atoms with Crippen molar-refractivity contribution in [3.63, 3.8) is 0 Å². The largest absolute Gasteiger partial charge is 0.445 e. The van der Waals surface area contributed by atoms with Gasteiger partial charge in [0.1, 0.15) is 12.4 Å². The second-order valence-electron chi connectivity index (χ2n) is 7.07. The van der Waals surface area contributed by atoms with Gasteiger partial charge < -0.3 is 19.7 Å². The standard InChI is InChI=1S/C21H23FN2O3/c1-26-13-19-16-9-10-24(21(25)27-12-14-5-3-2-4-6-14)20(16)17-11-15(22)7-8-18(17)23-19/h2-8,11,16,19-20,23H,9-10,12-13H2,1H3. The number of rotatable bonds is 4. The summed E-state index contributed by atoms with van der Waals surface area (Å²) in [6.07, 6.45) is 0.460. The summed E-state index contributed by atoms with van der Waals surface area (Å²) < 4.78 is 24.8. The maximum Gasteiger partial charge on any atom is 0.410 e. The van der Waals surface area contributed by atoms with Gasteiger partial charge in [-0.3, -0.25) is 0 Å². The lowest BCUT2D eigenvalue weighted by molar-refractivity contribution is 0.0824.